The second-order valence-electron chi connectivity index (χ2n) is 6.19. The molecule has 6 heteroatoms. The summed E-state index contributed by atoms with van der Waals surface area (Å²) < 4.78 is 11.0. The lowest BCUT2D eigenvalue weighted by Crippen LogP contribution is -2.26. The van der Waals surface area contributed by atoms with E-state index in [2.05, 4.69) is 10.3 Å². The van der Waals surface area contributed by atoms with Crippen molar-refractivity contribution in [2.75, 3.05) is 7.11 Å². The van der Waals surface area contributed by atoms with E-state index in [0.717, 1.165) is 16.9 Å². The largest absolute Gasteiger partial charge is 0.497 e. The Hall–Kier alpha value is -2.79. The first-order valence-corrected chi connectivity index (χ1v) is 9.07. The van der Waals surface area contributed by atoms with Crippen molar-refractivity contribution in [3.63, 3.8) is 0 Å². The summed E-state index contributed by atoms with van der Waals surface area (Å²) in [5.74, 6) is 1.88. The molecule has 1 heterocycles. The molecule has 1 amide bonds. The Morgan fingerprint density at radius 3 is 2.78 bits per heavy atom. The minimum atomic E-state index is -0.0910. The van der Waals surface area contributed by atoms with Crippen LogP contribution >= 0.6 is 11.6 Å². The summed E-state index contributed by atoms with van der Waals surface area (Å²) in [6.45, 7) is 1.94. The van der Waals surface area contributed by atoms with Gasteiger partial charge >= 0.3 is 0 Å². The lowest BCUT2D eigenvalue weighted by atomic mass is 10.1. The molecule has 3 rings (SSSR count). The molecule has 0 aliphatic carbocycles. The number of nitrogens with zero attached hydrogens (tertiary/aromatic N) is 1. The van der Waals surface area contributed by atoms with Gasteiger partial charge in [0.15, 0.2) is 11.7 Å². The van der Waals surface area contributed by atoms with Crippen molar-refractivity contribution in [1.29, 1.82) is 0 Å². The lowest BCUT2D eigenvalue weighted by molar-refractivity contribution is -0.121. The van der Waals surface area contributed by atoms with Crippen LogP contribution in [0.15, 0.2) is 59.1 Å². The minimum Gasteiger partial charge on any atom is -0.497 e. The molecule has 0 saturated heterocycles. The van der Waals surface area contributed by atoms with Crippen molar-refractivity contribution >= 4 is 17.5 Å². The zero-order valence-corrected chi connectivity index (χ0v) is 16.0. The Morgan fingerprint density at radius 2 is 2.04 bits per heavy atom. The lowest BCUT2D eigenvalue weighted by Gasteiger charge is -2.14. The zero-order chi connectivity index (χ0) is 19.2. The van der Waals surface area contributed by atoms with Crippen molar-refractivity contribution in [2.24, 2.45) is 0 Å². The maximum absolute atomic E-state index is 12.2. The summed E-state index contributed by atoms with van der Waals surface area (Å²) >= 11 is 5.89. The fourth-order valence-electron chi connectivity index (χ4n) is 2.70. The highest BCUT2D eigenvalue weighted by molar-refractivity contribution is 6.30. The Balaban J connectivity index is 1.54. The molecule has 0 aliphatic rings. The van der Waals surface area contributed by atoms with Gasteiger partial charge in [-0.2, -0.15) is 0 Å². The smallest absolute Gasteiger partial charge is 0.220 e. The number of carbonyl (C=O) groups excluding carboxylic acids is 1. The Labute approximate surface area is 163 Å². The van der Waals surface area contributed by atoms with Gasteiger partial charge in [-0.1, -0.05) is 35.9 Å². The van der Waals surface area contributed by atoms with Gasteiger partial charge in [0.05, 0.1) is 19.3 Å². The van der Waals surface area contributed by atoms with Crippen molar-refractivity contribution < 1.29 is 13.9 Å². The van der Waals surface area contributed by atoms with Crippen LogP contribution in [0, 0.1) is 0 Å². The van der Waals surface area contributed by atoms with Crippen molar-refractivity contribution in [3.05, 3.63) is 71.2 Å². The molecule has 5 nitrogen and oxygen atoms in total. The van der Waals surface area contributed by atoms with Crippen LogP contribution in [0.25, 0.3) is 11.3 Å². The molecule has 0 radical (unpaired) electrons. The number of hydrogen-bond acceptors (Lipinski definition) is 4. The normalized spacial score (nSPS) is 11.8. The SMILES string of the molecule is COc1cccc(-c2cnc(CCC(=O)N[C@H](C)c3ccc(Cl)cc3)o2)c1. The summed E-state index contributed by atoms with van der Waals surface area (Å²) in [6.07, 6.45) is 2.40. The van der Waals surface area contributed by atoms with Gasteiger partial charge in [-0.05, 0) is 36.8 Å². The summed E-state index contributed by atoms with van der Waals surface area (Å²) in [4.78, 5) is 16.5. The van der Waals surface area contributed by atoms with Crippen molar-refractivity contribution in [1.82, 2.24) is 10.3 Å². The van der Waals surface area contributed by atoms with E-state index in [1.54, 1.807) is 13.3 Å². The molecule has 0 spiro atoms. The average molecular weight is 385 g/mol. The van der Waals surface area contributed by atoms with Crippen LogP contribution in [-0.2, 0) is 11.2 Å². The number of nitrogens with one attached hydrogen (secondary N) is 1. The monoisotopic (exact) mass is 384 g/mol. The molecule has 27 heavy (non-hydrogen) atoms. The highest BCUT2D eigenvalue weighted by atomic mass is 35.5. The van der Waals surface area contributed by atoms with Gasteiger partial charge < -0.3 is 14.5 Å². The van der Waals surface area contributed by atoms with Gasteiger partial charge in [0.25, 0.3) is 0 Å². The van der Waals surface area contributed by atoms with Gasteiger partial charge in [-0.25, -0.2) is 4.98 Å². The number of benzene rings is 2. The van der Waals surface area contributed by atoms with Gasteiger partial charge in [0.2, 0.25) is 5.91 Å². The summed E-state index contributed by atoms with van der Waals surface area (Å²) in [5.41, 5.74) is 1.89. The minimum absolute atomic E-state index is 0.0569. The predicted octanol–water partition coefficient (Wildman–Crippen LogP) is 4.81. The molecular formula is C21H21ClN2O3. The third-order valence-electron chi connectivity index (χ3n) is 4.22. The first kappa shape index (κ1) is 19.0. The van der Waals surface area contributed by atoms with E-state index in [1.165, 1.54) is 0 Å². The summed E-state index contributed by atoms with van der Waals surface area (Å²) in [5, 5.41) is 3.65. The van der Waals surface area contributed by atoms with Crippen LogP contribution in [0.3, 0.4) is 0 Å². The van der Waals surface area contributed by atoms with E-state index in [9.17, 15) is 4.79 Å². The van der Waals surface area contributed by atoms with E-state index in [4.69, 9.17) is 20.8 Å². The molecule has 0 fully saturated rings. The number of carbonyl (C=O) groups is 1. The maximum Gasteiger partial charge on any atom is 0.220 e. The van der Waals surface area contributed by atoms with Crippen LogP contribution in [0.4, 0.5) is 0 Å². The topological polar surface area (TPSA) is 64.4 Å². The summed E-state index contributed by atoms with van der Waals surface area (Å²) in [6, 6.07) is 14.9. The number of ether oxygens (including phenoxy) is 1. The molecular weight excluding hydrogens is 364 g/mol. The second-order valence-corrected chi connectivity index (χ2v) is 6.63. The average Bonchev–Trinajstić information content (AvgIpc) is 3.16. The van der Waals surface area contributed by atoms with E-state index in [0.29, 0.717) is 29.5 Å². The van der Waals surface area contributed by atoms with E-state index in [-0.39, 0.29) is 11.9 Å². The number of halogens is 1. The standard InChI is InChI=1S/C21H21ClN2O3/c1-14(15-6-8-17(22)9-7-15)24-20(25)10-11-21-23-13-19(27-21)16-4-3-5-18(12-16)26-2/h3-9,12-14H,10-11H2,1-2H3,(H,24,25)/t14-/m1/s1. The predicted molar refractivity (Wildman–Crippen MR) is 105 cm³/mol. The Kier molecular flexibility index (Phi) is 6.14. The number of amides is 1. The first-order chi connectivity index (χ1) is 13.0. The molecule has 3 aromatic rings. The Morgan fingerprint density at radius 1 is 1.26 bits per heavy atom. The Bertz CT molecular complexity index is 906. The van der Waals surface area contributed by atoms with E-state index >= 15 is 0 Å². The number of oxazole rings is 1. The van der Waals surface area contributed by atoms with E-state index in [1.807, 2.05) is 55.5 Å². The second kappa shape index (κ2) is 8.73. The summed E-state index contributed by atoms with van der Waals surface area (Å²) in [7, 11) is 1.62. The van der Waals surface area contributed by atoms with Gasteiger partial charge in [-0.15, -0.1) is 0 Å². The van der Waals surface area contributed by atoms with Crippen LogP contribution in [-0.4, -0.2) is 18.0 Å². The molecule has 0 unspecified atom stereocenters. The molecule has 2 aromatic carbocycles. The quantitative estimate of drug-likeness (QED) is 0.634. The molecule has 1 aromatic heterocycles. The maximum atomic E-state index is 12.2. The third-order valence-corrected chi connectivity index (χ3v) is 4.47. The van der Waals surface area contributed by atoms with Crippen LogP contribution < -0.4 is 10.1 Å². The molecule has 0 saturated carbocycles. The molecule has 0 aliphatic heterocycles. The molecule has 140 valence electrons. The molecule has 1 atom stereocenters. The van der Waals surface area contributed by atoms with Crippen LogP contribution in [0.1, 0.15) is 30.8 Å². The van der Waals surface area contributed by atoms with Crippen LogP contribution in [0.5, 0.6) is 5.75 Å². The fraction of sp³-hybridized carbons (Fsp3) is 0.238. The number of hydrogen-bond donors (Lipinski definition) is 1. The number of aryl methyl sites for hydroxylation is 1. The molecule has 1 N–H and O–H groups in total. The fourth-order valence-corrected chi connectivity index (χ4v) is 2.83. The molecule has 0 bridgehead atoms. The van der Waals surface area contributed by atoms with Crippen molar-refractivity contribution in [3.8, 4) is 17.1 Å². The first-order valence-electron chi connectivity index (χ1n) is 8.69. The number of rotatable bonds is 7. The van der Waals surface area contributed by atoms with Crippen molar-refractivity contribution in [2.45, 2.75) is 25.8 Å². The number of aromatic nitrogens is 1. The van der Waals surface area contributed by atoms with Crippen LogP contribution in [0.2, 0.25) is 5.02 Å². The highest BCUT2D eigenvalue weighted by Crippen LogP contribution is 2.24. The zero-order valence-electron chi connectivity index (χ0n) is 15.2. The van der Waals surface area contributed by atoms with Gasteiger partial charge in [0.1, 0.15) is 5.75 Å². The highest BCUT2D eigenvalue weighted by Gasteiger charge is 2.12. The van der Waals surface area contributed by atoms with E-state index < -0.39 is 0 Å². The third kappa shape index (κ3) is 5.11. The van der Waals surface area contributed by atoms with Gasteiger partial charge in [0, 0.05) is 23.4 Å². The van der Waals surface area contributed by atoms with Gasteiger partial charge in [-0.3, -0.25) is 4.79 Å². The number of methoxy groups -OCH3 is 1.